The Bertz CT molecular complexity index is 339. The fraction of sp³-hybridized carbons (Fsp3) is 0.333. The van der Waals surface area contributed by atoms with Gasteiger partial charge in [-0.1, -0.05) is 0 Å². The van der Waals surface area contributed by atoms with Crippen LogP contribution in [0.15, 0.2) is 12.1 Å². The number of nitrogens with one attached hydrogen (secondary N) is 1. The van der Waals surface area contributed by atoms with Crippen LogP contribution in [0.4, 0.5) is 8.78 Å². The lowest BCUT2D eigenvalue weighted by molar-refractivity contribution is 0.503. The Morgan fingerprint density at radius 3 is 2.92 bits per heavy atom. The van der Waals surface area contributed by atoms with Gasteiger partial charge in [0.15, 0.2) is 0 Å². The van der Waals surface area contributed by atoms with Crippen molar-refractivity contribution in [1.82, 2.24) is 5.32 Å². The van der Waals surface area contributed by atoms with Crippen LogP contribution in [-0.2, 0) is 6.54 Å². The van der Waals surface area contributed by atoms with E-state index in [4.69, 9.17) is 5.73 Å². The van der Waals surface area contributed by atoms with Gasteiger partial charge in [-0.25, -0.2) is 8.78 Å². The third kappa shape index (κ3) is 1.43. The van der Waals surface area contributed by atoms with Crippen molar-refractivity contribution in [3.8, 4) is 0 Å². The molecule has 0 aromatic heterocycles. The summed E-state index contributed by atoms with van der Waals surface area (Å²) in [7, 11) is 0. The first-order chi connectivity index (χ1) is 6.18. The predicted molar refractivity (Wildman–Crippen MR) is 45.0 cm³/mol. The van der Waals surface area contributed by atoms with Crippen LogP contribution in [-0.4, -0.2) is 6.54 Å². The molecule has 0 saturated carbocycles. The first kappa shape index (κ1) is 8.59. The third-order valence-electron chi connectivity index (χ3n) is 2.26. The highest BCUT2D eigenvalue weighted by molar-refractivity contribution is 5.33. The van der Waals surface area contributed by atoms with E-state index in [1.54, 1.807) is 0 Å². The van der Waals surface area contributed by atoms with E-state index < -0.39 is 11.6 Å². The summed E-state index contributed by atoms with van der Waals surface area (Å²) in [5.41, 5.74) is 6.75. The molecule has 1 aliphatic heterocycles. The summed E-state index contributed by atoms with van der Waals surface area (Å²) in [6.07, 6.45) is 0. The molecule has 1 aliphatic rings. The fourth-order valence-electron chi connectivity index (χ4n) is 1.60. The Hall–Kier alpha value is -1.00. The van der Waals surface area contributed by atoms with Gasteiger partial charge in [0.05, 0.1) is 0 Å². The molecule has 1 aromatic rings. The van der Waals surface area contributed by atoms with Gasteiger partial charge in [0.1, 0.15) is 11.6 Å². The highest BCUT2D eigenvalue weighted by atomic mass is 19.1. The van der Waals surface area contributed by atoms with Crippen LogP contribution in [0.1, 0.15) is 17.2 Å². The third-order valence-corrected chi connectivity index (χ3v) is 2.26. The van der Waals surface area contributed by atoms with E-state index in [2.05, 4.69) is 5.32 Å². The minimum atomic E-state index is -0.561. The minimum Gasteiger partial charge on any atom is -0.323 e. The van der Waals surface area contributed by atoms with Gasteiger partial charge in [-0.2, -0.15) is 0 Å². The highest BCUT2D eigenvalue weighted by Crippen LogP contribution is 2.23. The molecule has 4 heteroatoms. The Balaban J connectivity index is 2.56. The largest absolute Gasteiger partial charge is 0.323 e. The first-order valence-electron chi connectivity index (χ1n) is 4.12. The Labute approximate surface area is 74.7 Å². The quantitative estimate of drug-likeness (QED) is 0.633. The summed E-state index contributed by atoms with van der Waals surface area (Å²) >= 11 is 0. The van der Waals surface area contributed by atoms with Crippen molar-refractivity contribution in [1.29, 1.82) is 0 Å². The van der Waals surface area contributed by atoms with E-state index in [1.807, 2.05) is 0 Å². The first-order valence-corrected chi connectivity index (χ1v) is 4.12. The van der Waals surface area contributed by atoms with Gasteiger partial charge in [-0.05, 0) is 11.6 Å². The maximum absolute atomic E-state index is 13.2. The van der Waals surface area contributed by atoms with Gasteiger partial charge < -0.3 is 11.1 Å². The number of hydrogen-bond acceptors (Lipinski definition) is 2. The summed E-state index contributed by atoms with van der Waals surface area (Å²) < 4.78 is 26.0. The van der Waals surface area contributed by atoms with Crippen LogP contribution in [0.5, 0.6) is 0 Å². The van der Waals surface area contributed by atoms with Gasteiger partial charge >= 0.3 is 0 Å². The van der Waals surface area contributed by atoms with Gasteiger partial charge in [-0.3, -0.25) is 0 Å². The Morgan fingerprint density at radius 2 is 2.15 bits per heavy atom. The molecule has 13 heavy (non-hydrogen) atoms. The molecule has 0 radical (unpaired) electrons. The molecule has 0 aliphatic carbocycles. The van der Waals surface area contributed by atoms with E-state index in [0.29, 0.717) is 24.2 Å². The van der Waals surface area contributed by atoms with Crippen molar-refractivity contribution in [2.75, 3.05) is 6.54 Å². The summed E-state index contributed by atoms with van der Waals surface area (Å²) in [6, 6.07) is 1.89. The summed E-state index contributed by atoms with van der Waals surface area (Å²) in [5, 5.41) is 2.96. The standard InChI is InChI=1S/C9H10F2N2/c10-5-1-6-7(8(11)2-5)3-13-4-9(6)12/h1-2,9,13H,3-4,12H2. The summed E-state index contributed by atoms with van der Waals surface area (Å²) in [5.74, 6) is -1.08. The van der Waals surface area contributed by atoms with Crippen molar-refractivity contribution in [2.45, 2.75) is 12.6 Å². The SMILES string of the molecule is NC1CNCc2c(F)cc(F)cc21. The summed E-state index contributed by atoms with van der Waals surface area (Å²) in [6.45, 7) is 0.991. The van der Waals surface area contributed by atoms with E-state index >= 15 is 0 Å². The number of halogens is 2. The average molecular weight is 184 g/mol. The lowest BCUT2D eigenvalue weighted by Crippen LogP contribution is -2.33. The molecule has 0 fully saturated rings. The molecule has 2 rings (SSSR count). The van der Waals surface area contributed by atoms with Crippen LogP contribution in [0, 0.1) is 11.6 Å². The molecule has 1 atom stereocenters. The number of nitrogens with two attached hydrogens (primary N) is 1. The van der Waals surface area contributed by atoms with Crippen molar-refractivity contribution < 1.29 is 8.78 Å². The molecular formula is C9H10F2N2. The molecule has 1 aromatic carbocycles. The van der Waals surface area contributed by atoms with Crippen LogP contribution < -0.4 is 11.1 Å². The molecule has 0 spiro atoms. The zero-order valence-electron chi connectivity index (χ0n) is 6.98. The monoisotopic (exact) mass is 184 g/mol. The molecule has 70 valence electrons. The molecule has 1 unspecified atom stereocenters. The zero-order chi connectivity index (χ0) is 9.42. The van der Waals surface area contributed by atoms with Crippen LogP contribution >= 0.6 is 0 Å². The fourth-order valence-corrected chi connectivity index (χ4v) is 1.60. The molecule has 1 heterocycles. The van der Waals surface area contributed by atoms with Crippen LogP contribution in [0.3, 0.4) is 0 Å². The molecule has 0 amide bonds. The van der Waals surface area contributed by atoms with Crippen molar-refractivity contribution in [3.05, 3.63) is 34.9 Å². The molecule has 0 bridgehead atoms. The van der Waals surface area contributed by atoms with Crippen molar-refractivity contribution in [2.24, 2.45) is 5.73 Å². The normalized spacial score (nSPS) is 21.3. The maximum atomic E-state index is 13.2. The van der Waals surface area contributed by atoms with Gasteiger partial charge in [0.25, 0.3) is 0 Å². The zero-order valence-corrected chi connectivity index (χ0v) is 6.98. The number of benzene rings is 1. The maximum Gasteiger partial charge on any atom is 0.130 e. The number of rotatable bonds is 0. The summed E-state index contributed by atoms with van der Waals surface area (Å²) in [4.78, 5) is 0. The van der Waals surface area contributed by atoms with E-state index in [-0.39, 0.29) is 6.04 Å². The van der Waals surface area contributed by atoms with E-state index in [9.17, 15) is 8.78 Å². The van der Waals surface area contributed by atoms with Crippen molar-refractivity contribution in [3.63, 3.8) is 0 Å². The second kappa shape index (κ2) is 3.05. The van der Waals surface area contributed by atoms with Gasteiger partial charge in [-0.15, -0.1) is 0 Å². The number of fused-ring (bicyclic) bond motifs is 1. The van der Waals surface area contributed by atoms with Crippen LogP contribution in [0.2, 0.25) is 0 Å². The molecular weight excluding hydrogens is 174 g/mol. The topological polar surface area (TPSA) is 38.0 Å². The lowest BCUT2D eigenvalue weighted by atomic mass is 9.97. The second-order valence-electron chi connectivity index (χ2n) is 3.19. The average Bonchev–Trinajstić information content (AvgIpc) is 2.07. The van der Waals surface area contributed by atoms with Gasteiger partial charge in [0, 0.05) is 30.8 Å². The molecule has 3 N–H and O–H groups in total. The Morgan fingerprint density at radius 1 is 1.38 bits per heavy atom. The van der Waals surface area contributed by atoms with E-state index in [1.165, 1.54) is 6.07 Å². The molecule has 0 saturated heterocycles. The second-order valence-corrected chi connectivity index (χ2v) is 3.19. The van der Waals surface area contributed by atoms with E-state index in [0.717, 1.165) is 6.07 Å². The highest BCUT2D eigenvalue weighted by Gasteiger charge is 2.20. The smallest absolute Gasteiger partial charge is 0.130 e. The van der Waals surface area contributed by atoms with Crippen molar-refractivity contribution >= 4 is 0 Å². The minimum absolute atomic E-state index is 0.311. The van der Waals surface area contributed by atoms with Crippen LogP contribution in [0.25, 0.3) is 0 Å². The predicted octanol–water partition coefficient (Wildman–Crippen LogP) is 1.07. The van der Waals surface area contributed by atoms with Gasteiger partial charge in [0.2, 0.25) is 0 Å². The Kier molecular flexibility index (Phi) is 2.01. The molecule has 2 nitrogen and oxygen atoms in total. The number of hydrogen-bond donors (Lipinski definition) is 2. The lowest BCUT2D eigenvalue weighted by Gasteiger charge is -2.23.